The summed E-state index contributed by atoms with van der Waals surface area (Å²) in [7, 11) is 1.00. The highest BCUT2D eigenvalue weighted by Crippen LogP contribution is 2.43. The van der Waals surface area contributed by atoms with Gasteiger partial charge in [0.05, 0.1) is 11.5 Å². The van der Waals surface area contributed by atoms with Crippen LogP contribution < -0.4 is 4.74 Å². The number of aliphatic hydroxyl groups is 3. The quantitative estimate of drug-likeness (QED) is 0.368. The minimum absolute atomic E-state index is 0.0451. The van der Waals surface area contributed by atoms with E-state index in [-0.39, 0.29) is 22.9 Å². The van der Waals surface area contributed by atoms with Crippen molar-refractivity contribution in [1.82, 2.24) is 0 Å². The number of carbonyl (C=O) groups is 1. The lowest BCUT2D eigenvalue weighted by Crippen LogP contribution is -2.38. The van der Waals surface area contributed by atoms with Gasteiger partial charge in [0.2, 0.25) is 0 Å². The first kappa shape index (κ1) is 32.1. The molecule has 0 aliphatic heterocycles. The summed E-state index contributed by atoms with van der Waals surface area (Å²) in [6, 6.07) is 16.8. The van der Waals surface area contributed by atoms with Gasteiger partial charge in [0.1, 0.15) is 23.9 Å². The summed E-state index contributed by atoms with van der Waals surface area (Å²) >= 11 is 0. The number of Topliss-reactive ketones (excluding diaryl/α,β-unsaturated/α-hetero) is 1. The first-order chi connectivity index (χ1) is 17.4. The molecular formula is C32H46O5. The van der Waals surface area contributed by atoms with Crippen LogP contribution in [0.1, 0.15) is 71.1 Å². The number of carbonyl (C=O) groups excluding carboxylic acids is 1. The van der Waals surface area contributed by atoms with Crippen LogP contribution in [-0.2, 0) is 10.2 Å². The predicted octanol–water partition coefficient (Wildman–Crippen LogP) is 6.70. The lowest BCUT2D eigenvalue weighted by Gasteiger charge is -2.36. The minimum atomic E-state index is -0.663. The smallest absolute Gasteiger partial charge is 0.144 e. The summed E-state index contributed by atoms with van der Waals surface area (Å²) in [6.45, 7) is 14.2. The molecule has 3 rings (SSSR count). The van der Waals surface area contributed by atoms with Crippen molar-refractivity contribution in [1.29, 1.82) is 0 Å². The maximum absolute atomic E-state index is 11.7. The third-order valence-corrected chi connectivity index (χ3v) is 7.00. The number of benzene rings is 2. The number of allylic oxidation sites excluding steroid dienone is 4. The molecule has 0 radical (unpaired) electrons. The van der Waals surface area contributed by atoms with Gasteiger partial charge in [-0.2, -0.15) is 0 Å². The van der Waals surface area contributed by atoms with Gasteiger partial charge in [-0.3, -0.25) is 4.79 Å². The summed E-state index contributed by atoms with van der Waals surface area (Å²) in [5.41, 5.74) is 3.11. The summed E-state index contributed by atoms with van der Waals surface area (Å²) in [4.78, 5) is 11.7. The Kier molecular flexibility index (Phi) is 12.8. The van der Waals surface area contributed by atoms with Crippen molar-refractivity contribution in [2.45, 2.75) is 72.8 Å². The fourth-order valence-electron chi connectivity index (χ4n) is 4.61. The highest BCUT2D eigenvalue weighted by Gasteiger charge is 2.43. The molecule has 2 aromatic rings. The van der Waals surface area contributed by atoms with Crippen molar-refractivity contribution >= 4 is 5.78 Å². The molecule has 1 aliphatic rings. The Hall–Kier alpha value is -2.89. The van der Waals surface area contributed by atoms with Crippen LogP contribution >= 0.6 is 0 Å². The normalized spacial score (nSPS) is 19.4. The molecule has 5 heteroatoms. The van der Waals surface area contributed by atoms with E-state index >= 15 is 0 Å². The summed E-state index contributed by atoms with van der Waals surface area (Å²) in [5.74, 6) is 1.16. The number of aliphatic hydroxyl groups excluding tert-OH is 3. The van der Waals surface area contributed by atoms with Crippen LogP contribution in [0.3, 0.4) is 0 Å². The van der Waals surface area contributed by atoms with E-state index in [1.807, 2.05) is 38.1 Å². The van der Waals surface area contributed by atoms with Crippen molar-refractivity contribution in [3.8, 4) is 5.75 Å². The molecule has 5 nitrogen and oxygen atoms in total. The Labute approximate surface area is 223 Å². The Balaban J connectivity index is 0.000000372. The molecule has 0 saturated heterocycles. The van der Waals surface area contributed by atoms with Crippen LogP contribution in [0, 0.1) is 18.3 Å². The van der Waals surface area contributed by atoms with Gasteiger partial charge in [-0.15, -0.1) is 0 Å². The van der Waals surface area contributed by atoms with Gasteiger partial charge in [0, 0.05) is 12.5 Å². The summed E-state index contributed by atoms with van der Waals surface area (Å²) in [5, 5.41) is 26.1. The number of hydrogen-bond donors (Lipinski definition) is 3. The van der Waals surface area contributed by atoms with Gasteiger partial charge in [0.25, 0.3) is 0 Å². The third kappa shape index (κ3) is 8.31. The van der Waals surface area contributed by atoms with E-state index in [4.69, 9.17) is 9.84 Å². The molecular weight excluding hydrogens is 464 g/mol. The molecule has 0 saturated carbocycles. The van der Waals surface area contributed by atoms with Crippen molar-refractivity contribution in [3.63, 3.8) is 0 Å². The summed E-state index contributed by atoms with van der Waals surface area (Å²) < 4.78 is 5.51. The molecule has 1 aliphatic carbocycles. The van der Waals surface area contributed by atoms with Gasteiger partial charge < -0.3 is 20.1 Å². The van der Waals surface area contributed by atoms with Crippen LogP contribution in [0.15, 0.2) is 72.5 Å². The molecule has 3 N–H and O–H groups in total. The Bertz CT molecular complexity index is 1020. The second-order valence-corrected chi connectivity index (χ2v) is 10.2. The molecule has 0 spiro atoms. The number of aryl methyl sites for hydroxylation is 1. The first-order valence-corrected chi connectivity index (χ1v) is 13.0. The van der Waals surface area contributed by atoms with Crippen molar-refractivity contribution < 1.29 is 24.9 Å². The molecule has 37 heavy (non-hydrogen) atoms. The van der Waals surface area contributed by atoms with Crippen molar-refractivity contribution in [2.75, 3.05) is 13.7 Å². The van der Waals surface area contributed by atoms with E-state index in [9.17, 15) is 15.0 Å². The van der Waals surface area contributed by atoms with Crippen molar-refractivity contribution in [3.05, 3.63) is 89.2 Å². The van der Waals surface area contributed by atoms with E-state index in [0.717, 1.165) is 25.7 Å². The highest BCUT2D eigenvalue weighted by atomic mass is 16.5. The average Bonchev–Trinajstić information content (AvgIpc) is 2.87. The van der Waals surface area contributed by atoms with E-state index in [1.165, 1.54) is 16.7 Å². The molecule has 0 fully saturated rings. The first-order valence-electron chi connectivity index (χ1n) is 13.0. The number of hydrogen-bond acceptors (Lipinski definition) is 5. The maximum atomic E-state index is 11.7. The average molecular weight is 511 g/mol. The number of ketones is 1. The maximum Gasteiger partial charge on any atom is 0.144 e. The van der Waals surface area contributed by atoms with E-state index in [2.05, 4.69) is 57.2 Å². The topological polar surface area (TPSA) is 87.0 Å². The van der Waals surface area contributed by atoms with Gasteiger partial charge in [-0.25, -0.2) is 0 Å². The lowest BCUT2D eigenvalue weighted by molar-refractivity contribution is -0.128. The molecule has 0 aromatic heterocycles. The molecule has 0 bridgehead atoms. The zero-order chi connectivity index (χ0) is 28.2. The van der Waals surface area contributed by atoms with E-state index in [1.54, 1.807) is 19.9 Å². The Morgan fingerprint density at radius 1 is 1.05 bits per heavy atom. The largest absolute Gasteiger partial charge is 0.511 e. The van der Waals surface area contributed by atoms with Crippen molar-refractivity contribution in [2.24, 2.45) is 11.3 Å². The van der Waals surface area contributed by atoms with Crippen LogP contribution in [0.5, 0.6) is 5.75 Å². The molecule has 2 aromatic carbocycles. The zero-order valence-electron chi connectivity index (χ0n) is 23.8. The molecule has 0 amide bonds. The Morgan fingerprint density at radius 3 is 2.00 bits per heavy atom. The number of rotatable bonds is 8. The number of ether oxygens (including phenoxy) is 1. The van der Waals surface area contributed by atoms with E-state index in [0.29, 0.717) is 6.61 Å². The molecule has 0 heterocycles. The zero-order valence-corrected chi connectivity index (χ0v) is 23.8. The van der Waals surface area contributed by atoms with Gasteiger partial charge in [0.15, 0.2) is 0 Å². The van der Waals surface area contributed by atoms with Gasteiger partial charge in [-0.05, 0) is 62.4 Å². The summed E-state index contributed by atoms with van der Waals surface area (Å²) in [6.07, 6.45) is 6.60. The van der Waals surface area contributed by atoms with E-state index < -0.39 is 11.5 Å². The molecule has 3 unspecified atom stereocenters. The van der Waals surface area contributed by atoms with Crippen LogP contribution in [0.4, 0.5) is 0 Å². The second-order valence-electron chi connectivity index (χ2n) is 10.2. The third-order valence-electron chi connectivity index (χ3n) is 7.00. The fraction of sp³-hybridized carbons (Fsp3) is 0.469. The lowest BCUT2D eigenvalue weighted by atomic mass is 9.67. The second kappa shape index (κ2) is 14.7. The van der Waals surface area contributed by atoms with Crippen LogP contribution in [0.2, 0.25) is 0 Å². The van der Waals surface area contributed by atoms with Gasteiger partial charge in [-0.1, -0.05) is 88.2 Å². The molecule has 204 valence electrons. The van der Waals surface area contributed by atoms with Gasteiger partial charge >= 0.3 is 0 Å². The molecule has 3 atom stereocenters. The SMILES string of the molecule is CCCC1(C(C)=O)C(O)=CC=CC1C.CO.Cc1ccc(C(C)(C)c2ccc(OCC(C)O)cc2)cc1. The fourth-order valence-corrected chi connectivity index (χ4v) is 4.61. The van der Waals surface area contributed by atoms with Crippen LogP contribution in [-0.4, -0.2) is 40.9 Å². The highest BCUT2D eigenvalue weighted by molar-refractivity contribution is 5.86. The monoisotopic (exact) mass is 510 g/mol. The standard InChI is InChI=1S/C19H24O2.C12H18O2.CH4O/c1-14-5-7-16(8-6-14)19(3,4)17-9-11-18(12-10-17)21-13-15(2)20;1-4-8-12(10(3)13)9(2)6-5-7-11(12)14;1-2/h5-12,15,20H,13H2,1-4H3;5-7,9,14H,4,8H2,1-3H3;2H,1H3. The Morgan fingerprint density at radius 2 is 1.57 bits per heavy atom. The van der Waals surface area contributed by atoms with Crippen LogP contribution in [0.25, 0.3) is 0 Å². The predicted molar refractivity (Wildman–Crippen MR) is 152 cm³/mol. The minimum Gasteiger partial charge on any atom is -0.511 e.